The molecular weight excluding hydrogens is 388 g/mol. The lowest BCUT2D eigenvalue weighted by Crippen LogP contribution is -2.43. The van der Waals surface area contributed by atoms with E-state index >= 15 is 0 Å². The molecule has 1 aliphatic carbocycles. The van der Waals surface area contributed by atoms with Gasteiger partial charge < -0.3 is 19.3 Å². The Labute approximate surface area is 177 Å². The quantitative estimate of drug-likeness (QED) is 0.178. The topological polar surface area (TPSA) is 99.1 Å². The van der Waals surface area contributed by atoms with Crippen LogP contribution in [0.1, 0.15) is 57.8 Å². The minimum atomic E-state index is -1.43. The predicted molar refractivity (Wildman–Crippen MR) is 110 cm³/mol. The second-order valence-corrected chi connectivity index (χ2v) is 7.44. The van der Waals surface area contributed by atoms with Gasteiger partial charge in [-0.2, -0.15) is 0 Å². The molecule has 0 aliphatic heterocycles. The Bertz CT molecular complexity index is 718. The number of hydrogen-bond donors (Lipinski definition) is 1. The summed E-state index contributed by atoms with van der Waals surface area (Å²) in [7, 11) is 0. The maximum atomic E-state index is 12.5. The van der Waals surface area contributed by atoms with Crippen molar-refractivity contribution >= 4 is 17.9 Å². The van der Waals surface area contributed by atoms with E-state index in [0.29, 0.717) is 50.4 Å². The first-order valence-corrected chi connectivity index (χ1v) is 10.5. The van der Waals surface area contributed by atoms with Crippen molar-refractivity contribution in [3.63, 3.8) is 0 Å². The third-order valence-corrected chi connectivity index (χ3v) is 5.26. The fourth-order valence-electron chi connectivity index (χ4n) is 3.45. The molecular formula is C23H30O7. The summed E-state index contributed by atoms with van der Waals surface area (Å²) in [5.41, 5.74) is -1.43. The standard InChI is InChI=1S/C23H30O7/c1-2-20(24)29-17-9-4-3-8-16-28-18-10-12-19(13-11-18)30-22(27)23(21(25)26)14-6-5-7-15-23/h2,10-13H,1,3-9,14-17H2,(H,25,26). The van der Waals surface area contributed by atoms with Crippen LogP contribution in [0.4, 0.5) is 0 Å². The summed E-state index contributed by atoms with van der Waals surface area (Å²) < 4.78 is 15.9. The van der Waals surface area contributed by atoms with E-state index in [0.717, 1.165) is 38.2 Å². The highest BCUT2D eigenvalue weighted by Gasteiger charge is 2.48. The largest absolute Gasteiger partial charge is 0.494 e. The van der Waals surface area contributed by atoms with Gasteiger partial charge >= 0.3 is 17.9 Å². The molecule has 0 bridgehead atoms. The van der Waals surface area contributed by atoms with E-state index < -0.39 is 23.3 Å². The van der Waals surface area contributed by atoms with Gasteiger partial charge in [0.1, 0.15) is 11.5 Å². The van der Waals surface area contributed by atoms with E-state index in [-0.39, 0.29) is 0 Å². The van der Waals surface area contributed by atoms with E-state index in [1.807, 2.05) is 0 Å². The van der Waals surface area contributed by atoms with Gasteiger partial charge in [-0.1, -0.05) is 25.8 Å². The van der Waals surface area contributed by atoms with Crippen molar-refractivity contribution < 1.29 is 33.7 Å². The molecule has 0 saturated heterocycles. The van der Waals surface area contributed by atoms with Crippen LogP contribution in [-0.2, 0) is 19.1 Å². The van der Waals surface area contributed by atoms with Gasteiger partial charge in [0.25, 0.3) is 0 Å². The van der Waals surface area contributed by atoms with E-state index in [1.54, 1.807) is 24.3 Å². The van der Waals surface area contributed by atoms with Gasteiger partial charge in [0.2, 0.25) is 0 Å². The Morgan fingerprint density at radius 1 is 0.933 bits per heavy atom. The van der Waals surface area contributed by atoms with E-state index in [2.05, 4.69) is 6.58 Å². The van der Waals surface area contributed by atoms with Crippen molar-refractivity contribution in [3.05, 3.63) is 36.9 Å². The molecule has 30 heavy (non-hydrogen) atoms. The highest BCUT2D eigenvalue weighted by atomic mass is 16.5. The zero-order valence-corrected chi connectivity index (χ0v) is 17.3. The molecule has 0 heterocycles. The number of carboxylic acids is 1. The number of carbonyl (C=O) groups excluding carboxylic acids is 2. The van der Waals surface area contributed by atoms with Crippen LogP contribution in [0, 0.1) is 5.41 Å². The van der Waals surface area contributed by atoms with Gasteiger partial charge in [-0.15, -0.1) is 0 Å². The Morgan fingerprint density at radius 3 is 2.13 bits per heavy atom. The third-order valence-electron chi connectivity index (χ3n) is 5.26. The number of rotatable bonds is 12. The van der Waals surface area contributed by atoms with Crippen molar-refractivity contribution in [1.82, 2.24) is 0 Å². The third kappa shape index (κ3) is 6.90. The lowest BCUT2D eigenvalue weighted by molar-refractivity contribution is -0.165. The number of carbonyl (C=O) groups is 3. The van der Waals surface area contributed by atoms with Gasteiger partial charge in [0.15, 0.2) is 5.41 Å². The zero-order valence-electron chi connectivity index (χ0n) is 17.3. The molecule has 7 nitrogen and oxygen atoms in total. The number of unbranched alkanes of at least 4 members (excludes halogenated alkanes) is 3. The first-order chi connectivity index (χ1) is 14.5. The summed E-state index contributed by atoms with van der Waals surface area (Å²) in [6, 6.07) is 6.62. The Balaban J connectivity index is 1.69. The lowest BCUT2D eigenvalue weighted by Gasteiger charge is -2.30. The van der Waals surface area contributed by atoms with Crippen LogP contribution in [0.5, 0.6) is 11.5 Å². The van der Waals surface area contributed by atoms with Crippen molar-refractivity contribution in [2.75, 3.05) is 13.2 Å². The summed E-state index contributed by atoms with van der Waals surface area (Å²) in [5.74, 6) is -1.23. The average Bonchev–Trinajstić information content (AvgIpc) is 2.76. The van der Waals surface area contributed by atoms with Gasteiger partial charge in [-0.3, -0.25) is 9.59 Å². The second kappa shape index (κ2) is 12.0. The molecule has 0 amide bonds. The molecule has 0 unspecified atom stereocenters. The first kappa shape index (κ1) is 23.4. The SMILES string of the molecule is C=CC(=O)OCCCCCCOc1ccc(OC(=O)C2(C(=O)O)CCCCC2)cc1. The molecule has 0 aromatic heterocycles. The van der Waals surface area contributed by atoms with Crippen LogP contribution in [0.3, 0.4) is 0 Å². The zero-order chi connectivity index (χ0) is 21.8. The molecule has 1 N–H and O–H groups in total. The van der Waals surface area contributed by atoms with Crippen molar-refractivity contribution in [2.45, 2.75) is 57.8 Å². The summed E-state index contributed by atoms with van der Waals surface area (Å²) in [5, 5.41) is 9.56. The van der Waals surface area contributed by atoms with Crippen molar-refractivity contribution in [2.24, 2.45) is 5.41 Å². The molecule has 1 aliphatic rings. The maximum absolute atomic E-state index is 12.5. The number of ether oxygens (including phenoxy) is 3. The van der Waals surface area contributed by atoms with Gasteiger partial charge in [-0.05, 0) is 62.8 Å². The maximum Gasteiger partial charge on any atom is 0.330 e. The van der Waals surface area contributed by atoms with Crippen LogP contribution < -0.4 is 9.47 Å². The number of esters is 2. The van der Waals surface area contributed by atoms with E-state index in [4.69, 9.17) is 14.2 Å². The van der Waals surface area contributed by atoms with Crippen molar-refractivity contribution in [1.29, 1.82) is 0 Å². The number of aliphatic carboxylic acids is 1. The fourth-order valence-corrected chi connectivity index (χ4v) is 3.45. The van der Waals surface area contributed by atoms with Crippen molar-refractivity contribution in [3.8, 4) is 11.5 Å². The summed E-state index contributed by atoms with van der Waals surface area (Å²) >= 11 is 0. The van der Waals surface area contributed by atoms with Gasteiger partial charge in [0, 0.05) is 6.08 Å². The molecule has 1 saturated carbocycles. The average molecular weight is 418 g/mol. The lowest BCUT2D eigenvalue weighted by atomic mass is 9.74. The first-order valence-electron chi connectivity index (χ1n) is 10.5. The highest BCUT2D eigenvalue weighted by molar-refractivity contribution is 6.00. The molecule has 0 spiro atoms. The normalized spacial score (nSPS) is 15.1. The minimum Gasteiger partial charge on any atom is -0.494 e. The van der Waals surface area contributed by atoms with Crippen LogP contribution in [0.15, 0.2) is 36.9 Å². The van der Waals surface area contributed by atoms with Gasteiger partial charge in [-0.25, -0.2) is 4.79 Å². The molecule has 7 heteroatoms. The van der Waals surface area contributed by atoms with Crippen LogP contribution in [0.2, 0.25) is 0 Å². The Hall–Kier alpha value is -2.83. The van der Waals surface area contributed by atoms with Crippen LogP contribution in [0.25, 0.3) is 0 Å². The summed E-state index contributed by atoms with van der Waals surface area (Å²) in [6.07, 6.45) is 7.73. The Kier molecular flexibility index (Phi) is 9.38. The molecule has 1 fully saturated rings. The monoisotopic (exact) mass is 418 g/mol. The number of benzene rings is 1. The molecule has 0 radical (unpaired) electrons. The molecule has 1 aromatic carbocycles. The van der Waals surface area contributed by atoms with Crippen LogP contribution in [-0.4, -0.2) is 36.2 Å². The highest BCUT2D eigenvalue weighted by Crippen LogP contribution is 2.38. The van der Waals surface area contributed by atoms with Gasteiger partial charge in [0.05, 0.1) is 13.2 Å². The van der Waals surface area contributed by atoms with E-state index in [9.17, 15) is 19.5 Å². The molecule has 0 atom stereocenters. The number of carboxylic acid groups (broad SMARTS) is 1. The predicted octanol–water partition coefficient (Wildman–Crippen LogP) is 4.30. The summed E-state index contributed by atoms with van der Waals surface area (Å²) in [4.78, 5) is 35.1. The van der Waals surface area contributed by atoms with Crippen LogP contribution >= 0.6 is 0 Å². The fraction of sp³-hybridized carbons (Fsp3) is 0.522. The number of hydrogen-bond acceptors (Lipinski definition) is 6. The smallest absolute Gasteiger partial charge is 0.330 e. The summed E-state index contributed by atoms with van der Waals surface area (Å²) in [6.45, 7) is 4.29. The molecule has 164 valence electrons. The second-order valence-electron chi connectivity index (χ2n) is 7.44. The minimum absolute atomic E-state index is 0.313. The van der Waals surface area contributed by atoms with E-state index in [1.165, 1.54) is 0 Å². The Morgan fingerprint density at radius 2 is 1.53 bits per heavy atom. The molecule has 2 rings (SSSR count). The molecule has 1 aromatic rings.